The summed E-state index contributed by atoms with van der Waals surface area (Å²) < 4.78 is 12.0. The summed E-state index contributed by atoms with van der Waals surface area (Å²) in [5, 5.41) is 11.4. The number of rotatable bonds is 7. The van der Waals surface area contributed by atoms with Gasteiger partial charge in [-0.05, 0) is 69.6 Å². The number of benzene rings is 3. The molecule has 1 heterocycles. The highest BCUT2D eigenvalue weighted by molar-refractivity contribution is 9.10. The van der Waals surface area contributed by atoms with Gasteiger partial charge in [0.15, 0.2) is 16.6 Å². The monoisotopic (exact) mass is 553 g/mol. The van der Waals surface area contributed by atoms with Gasteiger partial charge >= 0.3 is 0 Å². The molecule has 10 heteroatoms. The summed E-state index contributed by atoms with van der Waals surface area (Å²) in [6.45, 7) is 0.110. The topological polar surface area (TPSA) is 85.2 Å². The van der Waals surface area contributed by atoms with Crippen molar-refractivity contribution in [3.63, 3.8) is 0 Å². The third-order valence-electron chi connectivity index (χ3n) is 5.34. The molecule has 0 radical (unpaired) electrons. The van der Waals surface area contributed by atoms with E-state index < -0.39 is 4.92 Å². The molecule has 1 aliphatic rings. The number of carbonyl (C=O) groups excluding carboxylic acids is 1. The molecule has 0 atom stereocenters. The van der Waals surface area contributed by atoms with Crippen LogP contribution in [0.5, 0.6) is 11.5 Å². The average molecular weight is 554 g/mol. The van der Waals surface area contributed by atoms with E-state index in [9.17, 15) is 14.9 Å². The molecule has 8 nitrogen and oxygen atoms in total. The van der Waals surface area contributed by atoms with Crippen LogP contribution in [0.3, 0.4) is 0 Å². The molecule has 35 heavy (non-hydrogen) atoms. The van der Waals surface area contributed by atoms with Crippen LogP contribution in [0.1, 0.15) is 11.1 Å². The van der Waals surface area contributed by atoms with Crippen molar-refractivity contribution in [1.82, 2.24) is 4.90 Å². The lowest BCUT2D eigenvalue weighted by Crippen LogP contribution is -2.30. The molecule has 1 fully saturated rings. The summed E-state index contributed by atoms with van der Waals surface area (Å²) in [5.41, 5.74) is 2.45. The number of halogens is 1. The van der Waals surface area contributed by atoms with Crippen LogP contribution in [0.4, 0.5) is 11.4 Å². The number of nitro groups is 1. The van der Waals surface area contributed by atoms with Gasteiger partial charge in [-0.2, -0.15) is 0 Å². The molecule has 0 unspecified atom stereocenters. The summed E-state index contributed by atoms with van der Waals surface area (Å²) in [7, 11) is 3.26. The van der Waals surface area contributed by atoms with Gasteiger partial charge in [-0.25, -0.2) is 0 Å². The standard InChI is InChI=1S/C25H20BrN3O5S/c1-27-21(24(30)28(25(27)35)18-8-4-3-5-9-18)13-17-12-20(26)23(22(14-17)33-2)34-15-16-7-6-10-19(11-16)29(31)32/h3-14H,15H2,1-2H3/b21-13-. The van der Waals surface area contributed by atoms with Crippen LogP contribution in [-0.2, 0) is 11.4 Å². The minimum atomic E-state index is -0.450. The van der Waals surface area contributed by atoms with Gasteiger partial charge in [0.1, 0.15) is 12.3 Å². The summed E-state index contributed by atoms with van der Waals surface area (Å²) in [5.74, 6) is 0.644. The largest absolute Gasteiger partial charge is 0.493 e. The maximum Gasteiger partial charge on any atom is 0.281 e. The molecule has 0 saturated carbocycles. The summed E-state index contributed by atoms with van der Waals surface area (Å²) in [4.78, 5) is 26.9. The number of hydrogen-bond donors (Lipinski definition) is 0. The van der Waals surface area contributed by atoms with Crippen LogP contribution in [-0.4, -0.2) is 35.0 Å². The van der Waals surface area contributed by atoms with Crippen molar-refractivity contribution in [1.29, 1.82) is 0 Å². The van der Waals surface area contributed by atoms with Gasteiger partial charge in [0.05, 0.1) is 22.2 Å². The first-order valence-electron chi connectivity index (χ1n) is 10.4. The zero-order valence-electron chi connectivity index (χ0n) is 18.8. The number of non-ortho nitro benzene ring substituents is 1. The number of hydrogen-bond acceptors (Lipinski definition) is 6. The second-order valence-electron chi connectivity index (χ2n) is 7.60. The van der Waals surface area contributed by atoms with Crippen molar-refractivity contribution < 1.29 is 19.2 Å². The third kappa shape index (κ3) is 5.03. The summed E-state index contributed by atoms with van der Waals surface area (Å²) in [6, 6.07) is 19.0. The van der Waals surface area contributed by atoms with E-state index in [1.165, 1.54) is 24.1 Å². The maximum absolute atomic E-state index is 13.2. The number of nitrogens with zero attached hydrogens (tertiary/aromatic N) is 3. The Morgan fingerprint density at radius 3 is 2.54 bits per heavy atom. The second-order valence-corrected chi connectivity index (χ2v) is 8.82. The highest BCUT2D eigenvalue weighted by atomic mass is 79.9. The SMILES string of the molecule is COc1cc(/C=C2/C(=O)N(c3ccccc3)C(=S)N2C)cc(Br)c1OCc1cccc([N+](=O)[O-])c1. The number of ether oxygens (including phenoxy) is 2. The molecule has 1 aliphatic heterocycles. The van der Waals surface area contributed by atoms with Crippen LogP contribution in [0.2, 0.25) is 0 Å². The van der Waals surface area contributed by atoms with Crippen molar-refractivity contribution in [2.75, 3.05) is 19.1 Å². The van der Waals surface area contributed by atoms with Crippen LogP contribution < -0.4 is 14.4 Å². The first-order valence-corrected chi connectivity index (χ1v) is 11.6. The highest BCUT2D eigenvalue weighted by Gasteiger charge is 2.36. The molecule has 0 N–H and O–H groups in total. The Hall–Kier alpha value is -3.76. The number of methoxy groups -OCH3 is 1. The Morgan fingerprint density at radius 2 is 1.86 bits per heavy atom. The fourth-order valence-electron chi connectivity index (χ4n) is 3.60. The van der Waals surface area contributed by atoms with E-state index >= 15 is 0 Å². The lowest BCUT2D eigenvalue weighted by atomic mass is 10.1. The molecule has 3 aromatic rings. The van der Waals surface area contributed by atoms with Crippen molar-refractivity contribution in [3.05, 3.63) is 98.1 Å². The normalized spacial score (nSPS) is 14.5. The quantitative estimate of drug-likeness (QED) is 0.164. The van der Waals surface area contributed by atoms with Crippen LogP contribution in [0.25, 0.3) is 6.08 Å². The number of likely N-dealkylation sites (N-methyl/N-ethyl adjacent to an activating group) is 1. The van der Waals surface area contributed by atoms with Crippen LogP contribution >= 0.6 is 28.1 Å². The maximum atomic E-state index is 13.2. The lowest BCUT2D eigenvalue weighted by molar-refractivity contribution is -0.384. The molecule has 4 rings (SSSR count). The highest BCUT2D eigenvalue weighted by Crippen LogP contribution is 2.38. The number of nitro benzene ring substituents is 1. The van der Waals surface area contributed by atoms with E-state index in [1.54, 1.807) is 42.3 Å². The molecular weight excluding hydrogens is 534 g/mol. The summed E-state index contributed by atoms with van der Waals surface area (Å²) in [6.07, 6.45) is 1.73. The molecule has 178 valence electrons. The zero-order chi connectivity index (χ0) is 25.1. The summed E-state index contributed by atoms with van der Waals surface area (Å²) >= 11 is 9.02. The van der Waals surface area contributed by atoms with Gasteiger partial charge in [0.25, 0.3) is 11.6 Å². The molecule has 3 aromatic carbocycles. The Morgan fingerprint density at radius 1 is 1.11 bits per heavy atom. The molecule has 0 aliphatic carbocycles. The Balaban J connectivity index is 1.60. The number of carbonyl (C=O) groups is 1. The van der Waals surface area contributed by atoms with E-state index in [4.69, 9.17) is 21.7 Å². The van der Waals surface area contributed by atoms with E-state index in [1.807, 2.05) is 30.3 Å². The van der Waals surface area contributed by atoms with E-state index in [2.05, 4.69) is 15.9 Å². The fourth-order valence-corrected chi connectivity index (χ4v) is 4.46. The Bertz CT molecular complexity index is 1350. The van der Waals surface area contributed by atoms with Gasteiger partial charge in [0.2, 0.25) is 0 Å². The molecule has 0 bridgehead atoms. The Labute approximate surface area is 215 Å². The fraction of sp³-hybridized carbons (Fsp3) is 0.120. The second kappa shape index (κ2) is 10.2. The molecule has 1 amide bonds. The average Bonchev–Trinajstić information content (AvgIpc) is 3.06. The van der Waals surface area contributed by atoms with Gasteiger partial charge in [0, 0.05) is 19.2 Å². The van der Waals surface area contributed by atoms with E-state index in [-0.39, 0.29) is 18.2 Å². The molecular formula is C25H20BrN3O5S. The van der Waals surface area contributed by atoms with E-state index in [0.717, 1.165) is 0 Å². The molecule has 1 saturated heterocycles. The first kappa shape index (κ1) is 24.4. The van der Waals surface area contributed by atoms with Crippen molar-refractivity contribution in [2.45, 2.75) is 6.61 Å². The number of para-hydroxylation sites is 1. The van der Waals surface area contributed by atoms with E-state index in [0.29, 0.717) is 43.6 Å². The molecule has 0 spiro atoms. The first-order chi connectivity index (χ1) is 16.8. The molecule has 0 aromatic heterocycles. The zero-order valence-corrected chi connectivity index (χ0v) is 21.2. The predicted molar refractivity (Wildman–Crippen MR) is 140 cm³/mol. The van der Waals surface area contributed by atoms with Crippen LogP contribution in [0, 0.1) is 10.1 Å². The van der Waals surface area contributed by atoms with Crippen molar-refractivity contribution in [2.24, 2.45) is 0 Å². The lowest BCUT2D eigenvalue weighted by Gasteiger charge is -2.16. The number of anilines is 1. The van der Waals surface area contributed by atoms with Crippen molar-refractivity contribution >= 4 is 56.6 Å². The van der Waals surface area contributed by atoms with Crippen molar-refractivity contribution in [3.8, 4) is 11.5 Å². The smallest absolute Gasteiger partial charge is 0.281 e. The number of thiocarbonyl (C=S) groups is 1. The van der Waals surface area contributed by atoms with Gasteiger partial charge < -0.3 is 14.4 Å². The predicted octanol–water partition coefficient (Wildman–Crippen LogP) is 5.55. The third-order valence-corrected chi connectivity index (χ3v) is 6.38. The van der Waals surface area contributed by atoms with Crippen LogP contribution in [0.15, 0.2) is 76.9 Å². The van der Waals surface area contributed by atoms with Gasteiger partial charge in [-0.3, -0.25) is 19.8 Å². The van der Waals surface area contributed by atoms with Gasteiger partial charge in [-0.1, -0.05) is 30.3 Å². The van der Waals surface area contributed by atoms with Gasteiger partial charge in [-0.15, -0.1) is 0 Å². The minimum Gasteiger partial charge on any atom is -0.493 e. The minimum absolute atomic E-state index is 0.00749. The Kier molecular flexibility index (Phi) is 7.13. The number of amides is 1.